The molecule has 3 aromatic rings. The van der Waals surface area contributed by atoms with Crippen LogP contribution in [0.15, 0.2) is 117 Å². The van der Waals surface area contributed by atoms with Gasteiger partial charge in [0.1, 0.15) is 5.69 Å². The van der Waals surface area contributed by atoms with Gasteiger partial charge >= 0.3 is 0 Å². The van der Waals surface area contributed by atoms with E-state index in [-0.39, 0.29) is 34.0 Å². The lowest BCUT2D eigenvalue weighted by Gasteiger charge is -2.41. The largest absolute Gasteiger partial charge is 0.358 e. The second kappa shape index (κ2) is 9.64. The number of nitrogens with zero attached hydrogens (tertiary/aromatic N) is 2. The summed E-state index contributed by atoms with van der Waals surface area (Å²) < 4.78 is 1.75. The summed E-state index contributed by atoms with van der Waals surface area (Å²) in [5, 5.41) is 2.89. The van der Waals surface area contributed by atoms with E-state index in [9.17, 15) is 19.2 Å². The molecule has 41 heavy (non-hydrogen) atoms. The van der Waals surface area contributed by atoms with Gasteiger partial charge in [-0.3, -0.25) is 28.7 Å². The van der Waals surface area contributed by atoms with Crippen molar-refractivity contribution in [3.8, 4) is 0 Å². The van der Waals surface area contributed by atoms with E-state index in [0.29, 0.717) is 50.3 Å². The van der Waals surface area contributed by atoms with Crippen molar-refractivity contribution in [1.82, 2.24) is 9.88 Å². The van der Waals surface area contributed by atoms with Crippen LogP contribution < -0.4 is 5.32 Å². The number of halogens is 1. The van der Waals surface area contributed by atoms with Gasteiger partial charge in [-0.25, -0.2) is 0 Å². The van der Waals surface area contributed by atoms with Crippen molar-refractivity contribution < 1.29 is 19.2 Å². The maximum Gasteiger partial charge on any atom is 0.262 e. The molecule has 2 aromatic carbocycles. The van der Waals surface area contributed by atoms with Crippen molar-refractivity contribution in [1.29, 1.82) is 0 Å². The number of ketones is 2. The number of rotatable bonds is 3. The molecule has 7 rings (SSSR count). The lowest BCUT2D eigenvalue weighted by molar-refractivity contribution is -0.110. The molecule has 2 aliphatic carbocycles. The molecule has 1 aromatic heterocycles. The van der Waals surface area contributed by atoms with E-state index < -0.39 is 5.41 Å². The van der Waals surface area contributed by atoms with Crippen molar-refractivity contribution >= 4 is 56.0 Å². The van der Waals surface area contributed by atoms with E-state index >= 15 is 0 Å². The Hall–Kier alpha value is -4.34. The number of allylic oxidation sites excluding steroid dienone is 7. The third-order valence-electron chi connectivity index (χ3n) is 7.60. The van der Waals surface area contributed by atoms with Gasteiger partial charge in [-0.1, -0.05) is 48.5 Å². The third-order valence-corrected chi connectivity index (χ3v) is 9.32. The van der Waals surface area contributed by atoms with Crippen molar-refractivity contribution in [2.75, 3.05) is 6.54 Å². The van der Waals surface area contributed by atoms with Crippen molar-refractivity contribution in [2.24, 2.45) is 10.4 Å². The minimum atomic E-state index is -1.12. The van der Waals surface area contributed by atoms with E-state index in [4.69, 9.17) is 4.99 Å². The number of hydrogen-bond acceptors (Lipinski definition) is 7. The van der Waals surface area contributed by atoms with Crippen LogP contribution in [0.5, 0.6) is 0 Å². The van der Waals surface area contributed by atoms with Crippen LogP contribution in [0.25, 0.3) is 0 Å². The molecule has 0 amide bonds. The maximum absolute atomic E-state index is 14.3. The Balaban J connectivity index is 1.40. The summed E-state index contributed by atoms with van der Waals surface area (Å²) in [6.45, 7) is 0.467. The van der Waals surface area contributed by atoms with E-state index in [1.54, 1.807) is 67.0 Å². The Morgan fingerprint density at radius 1 is 1.00 bits per heavy atom. The van der Waals surface area contributed by atoms with E-state index in [2.05, 4.69) is 21.2 Å². The second-order valence-corrected chi connectivity index (χ2v) is 11.8. The van der Waals surface area contributed by atoms with Gasteiger partial charge in [-0.05, 0) is 76.2 Å². The molecule has 3 heterocycles. The predicted molar refractivity (Wildman–Crippen MR) is 160 cm³/mol. The molecule has 200 valence electrons. The molecule has 0 saturated carbocycles. The van der Waals surface area contributed by atoms with Gasteiger partial charge in [-0.2, -0.15) is 0 Å². The van der Waals surface area contributed by atoms with Crippen molar-refractivity contribution in [3.63, 3.8) is 0 Å². The Morgan fingerprint density at radius 3 is 2.44 bits per heavy atom. The summed E-state index contributed by atoms with van der Waals surface area (Å²) in [4.78, 5) is 59.4. The number of carbonyl (C=O) groups is 4. The summed E-state index contributed by atoms with van der Waals surface area (Å²) in [7, 11) is 0. The molecule has 7 nitrogen and oxygen atoms in total. The standard InChI is InChI=1S/C32H20BrN3O4S/c33-21-16-32(23(15-22(21)37)41-31(40)19-9-5-2-6-10-19)12-14-35-27-25(32)26-24-20(11-13-34-26)17-36(28(24)29(27)38)30(39)18-7-3-1-4-8-18/h1-10,12,14-17,35H,11,13H2/t32-/m1/s1. The lowest BCUT2D eigenvalue weighted by Crippen LogP contribution is -2.42. The number of aliphatic imine (C=N–C) groups is 1. The number of benzene rings is 2. The molecule has 0 bridgehead atoms. The fraction of sp³-hybridized carbons (Fsp3) is 0.0938. The number of aromatic nitrogens is 1. The van der Waals surface area contributed by atoms with Crippen LogP contribution in [-0.4, -0.2) is 39.4 Å². The van der Waals surface area contributed by atoms with Crippen LogP contribution in [0.3, 0.4) is 0 Å². The first-order chi connectivity index (χ1) is 19.9. The summed E-state index contributed by atoms with van der Waals surface area (Å²) in [6, 6.07) is 17.7. The molecule has 9 heteroatoms. The fourth-order valence-corrected chi connectivity index (χ4v) is 7.23. The van der Waals surface area contributed by atoms with Crippen LogP contribution >= 0.6 is 27.7 Å². The molecule has 0 radical (unpaired) electrons. The van der Waals surface area contributed by atoms with E-state index in [1.807, 2.05) is 18.2 Å². The average molecular weight is 623 g/mol. The molecule has 0 fully saturated rings. The first-order valence-corrected chi connectivity index (χ1v) is 14.5. The highest BCUT2D eigenvalue weighted by molar-refractivity contribution is 9.12. The number of thioether (sulfide) groups is 1. The molecule has 1 atom stereocenters. The smallest absolute Gasteiger partial charge is 0.262 e. The minimum Gasteiger partial charge on any atom is -0.358 e. The number of Topliss-reactive ketones (excluding diaryl/α,β-unsaturated/α-hetero) is 1. The SMILES string of the molecule is O=C1C=C(SC(=O)c2ccccc2)[C@@]2(C=CNC3=C2C2=NCCc4cn(C(=O)c5ccccc5)c(c42)C3=O)C=C1Br. The number of hydrogen-bond donors (Lipinski definition) is 1. The number of dihydropyridines is 1. The molecule has 0 unspecified atom stereocenters. The molecular formula is C32H20BrN3O4S. The Labute approximate surface area is 247 Å². The van der Waals surface area contributed by atoms with Crippen LogP contribution in [0, 0.1) is 5.41 Å². The summed E-state index contributed by atoms with van der Waals surface area (Å²) >= 11 is 4.37. The van der Waals surface area contributed by atoms with Crippen molar-refractivity contribution in [2.45, 2.75) is 6.42 Å². The Kier molecular flexibility index (Phi) is 6.02. The highest BCUT2D eigenvalue weighted by Crippen LogP contribution is 2.54. The average Bonchev–Trinajstić information content (AvgIpc) is 3.40. The van der Waals surface area contributed by atoms with Crippen molar-refractivity contribution in [3.05, 3.63) is 140 Å². The first kappa shape index (κ1) is 25.6. The van der Waals surface area contributed by atoms with Gasteiger partial charge in [0.2, 0.25) is 10.9 Å². The highest BCUT2D eigenvalue weighted by atomic mass is 79.9. The monoisotopic (exact) mass is 621 g/mol. The number of carbonyl (C=O) groups excluding carboxylic acids is 4. The quantitative estimate of drug-likeness (QED) is 0.421. The molecule has 1 spiro atoms. The molecule has 4 aliphatic rings. The summed E-state index contributed by atoms with van der Waals surface area (Å²) in [6.07, 6.45) is 9.00. The normalized spacial score (nSPS) is 20.6. The van der Waals surface area contributed by atoms with Gasteiger partial charge in [-0.15, -0.1) is 0 Å². The molecular weight excluding hydrogens is 602 g/mol. The topological polar surface area (TPSA) is 97.6 Å². The van der Waals surface area contributed by atoms with E-state index in [1.165, 1.54) is 10.6 Å². The maximum atomic E-state index is 14.3. The molecule has 2 aliphatic heterocycles. The van der Waals surface area contributed by atoms with Gasteiger partial charge in [0.25, 0.3) is 5.91 Å². The first-order valence-electron chi connectivity index (χ1n) is 12.9. The van der Waals surface area contributed by atoms with Gasteiger partial charge in [0.15, 0.2) is 5.78 Å². The Morgan fingerprint density at radius 2 is 1.71 bits per heavy atom. The van der Waals surface area contributed by atoms with Crippen LogP contribution in [0.2, 0.25) is 0 Å². The van der Waals surface area contributed by atoms with E-state index in [0.717, 1.165) is 17.3 Å². The van der Waals surface area contributed by atoms with Gasteiger partial charge < -0.3 is 5.32 Å². The summed E-state index contributed by atoms with van der Waals surface area (Å²) in [5.41, 5.74) is 2.99. The van der Waals surface area contributed by atoms with Gasteiger partial charge in [0.05, 0.1) is 21.3 Å². The van der Waals surface area contributed by atoms with Gasteiger partial charge in [0, 0.05) is 39.9 Å². The molecule has 0 saturated heterocycles. The third kappa shape index (κ3) is 3.91. The summed E-state index contributed by atoms with van der Waals surface area (Å²) in [5.74, 6) is -0.930. The minimum absolute atomic E-state index is 0.224. The van der Waals surface area contributed by atoms with Crippen LogP contribution in [-0.2, 0) is 11.2 Å². The number of fused-ring (bicyclic) bond motifs is 2. The molecule has 1 N–H and O–H groups in total. The Bertz CT molecular complexity index is 1860. The highest BCUT2D eigenvalue weighted by Gasteiger charge is 2.50. The van der Waals surface area contributed by atoms with Crippen LogP contribution in [0.1, 0.15) is 42.3 Å². The zero-order valence-corrected chi connectivity index (χ0v) is 23.8. The predicted octanol–water partition coefficient (Wildman–Crippen LogP) is 5.39. The zero-order chi connectivity index (χ0) is 28.3. The zero-order valence-electron chi connectivity index (χ0n) is 21.4. The lowest BCUT2D eigenvalue weighted by atomic mass is 9.68. The second-order valence-electron chi connectivity index (χ2n) is 9.95. The number of nitrogens with one attached hydrogen (secondary N) is 1. The fourth-order valence-electron chi connectivity index (χ4n) is 5.74. The van der Waals surface area contributed by atoms with Crippen LogP contribution in [0.4, 0.5) is 0 Å².